The predicted octanol–water partition coefficient (Wildman–Crippen LogP) is 3.11. The lowest BCUT2D eigenvalue weighted by Crippen LogP contribution is -2.53. The van der Waals surface area contributed by atoms with E-state index >= 15 is 0 Å². The van der Waals surface area contributed by atoms with Crippen molar-refractivity contribution in [1.82, 2.24) is 5.32 Å². The minimum atomic E-state index is -0.730. The van der Waals surface area contributed by atoms with E-state index in [9.17, 15) is 4.79 Å². The molecule has 3 N–H and O–H groups in total. The molecule has 0 aromatic heterocycles. The summed E-state index contributed by atoms with van der Waals surface area (Å²) in [4.78, 5) is 12.3. The molecule has 1 saturated carbocycles. The largest absolute Gasteiger partial charge is 0.348 e. The highest BCUT2D eigenvalue weighted by molar-refractivity contribution is 5.86. The van der Waals surface area contributed by atoms with Crippen molar-refractivity contribution in [3.05, 3.63) is 35.4 Å². The molecule has 0 aliphatic heterocycles. The van der Waals surface area contributed by atoms with Crippen LogP contribution in [0.15, 0.2) is 24.3 Å². The van der Waals surface area contributed by atoms with Crippen LogP contribution >= 0.6 is 0 Å². The molecule has 2 unspecified atom stereocenters. The van der Waals surface area contributed by atoms with Gasteiger partial charge in [-0.3, -0.25) is 4.79 Å². The Morgan fingerprint density at radius 3 is 2.15 bits per heavy atom. The average Bonchev–Trinajstić information content (AvgIpc) is 3.23. The summed E-state index contributed by atoms with van der Waals surface area (Å²) in [6.07, 6.45) is 2.13. The number of hydrogen-bond donors (Lipinski definition) is 2. The van der Waals surface area contributed by atoms with Gasteiger partial charge in [-0.1, -0.05) is 38.1 Å². The maximum absolute atomic E-state index is 12.3. The van der Waals surface area contributed by atoms with Crippen LogP contribution < -0.4 is 11.1 Å². The van der Waals surface area contributed by atoms with Crippen molar-refractivity contribution in [2.24, 2.45) is 11.7 Å². The molecule has 1 aliphatic carbocycles. The predicted molar refractivity (Wildman–Crippen MR) is 82.4 cm³/mol. The van der Waals surface area contributed by atoms with E-state index in [4.69, 9.17) is 5.73 Å². The third kappa shape index (κ3) is 3.21. The number of nitrogens with one attached hydrogen (secondary N) is 1. The smallest absolute Gasteiger partial charge is 0.240 e. The molecule has 1 aliphatic rings. The van der Waals surface area contributed by atoms with Crippen molar-refractivity contribution in [3.8, 4) is 0 Å². The third-order valence-corrected chi connectivity index (χ3v) is 4.37. The first-order chi connectivity index (χ1) is 9.32. The number of amides is 1. The maximum atomic E-state index is 12.3. The van der Waals surface area contributed by atoms with Gasteiger partial charge in [-0.15, -0.1) is 0 Å². The molecule has 3 nitrogen and oxygen atoms in total. The molecular weight excluding hydrogens is 248 g/mol. The van der Waals surface area contributed by atoms with E-state index < -0.39 is 5.54 Å². The molecule has 1 aromatic rings. The summed E-state index contributed by atoms with van der Waals surface area (Å²) in [5.74, 6) is 0.828. The van der Waals surface area contributed by atoms with E-state index in [1.54, 1.807) is 0 Å². The summed E-state index contributed by atoms with van der Waals surface area (Å²) in [5, 5.41) is 3.04. The number of rotatable bonds is 5. The van der Waals surface area contributed by atoms with Gasteiger partial charge in [0.1, 0.15) is 0 Å². The molecule has 0 heterocycles. The SMILES string of the molecule is CC(C)c1ccc(C(C)NC(=O)C(C)(N)C2CC2)cc1. The van der Waals surface area contributed by atoms with Gasteiger partial charge in [-0.25, -0.2) is 0 Å². The van der Waals surface area contributed by atoms with Crippen LogP contribution in [-0.2, 0) is 4.79 Å². The normalized spacial score (nSPS) is 19.5. The molecule has 0 saturated heterocycles. The van der Waals surface area contributed by atoms with Crippen molar-refractivity contribution in [2.75, 3.05) is 0 Å². The molecule has 1 fully saturated rings. The highest BCUT2D eigenvalue weighted by Crippen LogP contribution is 2.38. The molecule has 0 bridgehead atoms. The highest BCUT2D eigenvalue weighted by Gasteiger charge is 2.44. The molecule has 0 spiro atoms. The van der Waals surface area contributed by atoms with Gasteiger partial charge in [-0.05, 0) is 49.7 Å². The summed E-state index contributed by atoms with van der Waals surface area (Å²) >= 11 is 0. The van der Waals surface area contributed by atoms with Crippen LogP contribution in [-0.4, -0.2) is 11.4 Å². The van der Waals surface area contributed by atoms with Crippen LogP contribution in [0.2, 0.25) is 0 Å². The molecule has 3 heteroatoms. The van der Waals surface area contributed by atoms with Gasteiger partial charge in [0.25, 0.3) is 0 Å². The molecule has 110 valence electrons. The number of hydrogen-bond acceptors (Lipinski definition) is 2. The monoisotopic (exact) mass is 274 g/mol. The van der Waals surface area contributed by atoms with E-state index in [1.807, 2.05) is 13.8 Å². The van der Waals surface area contributed by atoms with Gasteiger partial charge in [0, 0.05) is 0 Å². The average molecular weight is 274 g/mol. The summed E-state index contributed by atoms with van der Waals surface area (Å²) in [5.41, 5.74) is 7.85. The zero-order valence-electron chi connectivity index (χ0n) is 12.9. The molecule has 20 heavy (non-hydrogen) atoms. The fourth-order valence-corrected chi connectivity index (χ4v) is 2.47. The highest BCUT2D eigenvalue weighted by atomic mass is 16.2. The van der Waals surface area contributed by atoms with Gasteiger partial charge in [0.2, 0.25) is 5.91 Å². The van der Waals surface area contributed by atoms with E-state index in [0.29, 0.717) is 11.8 Å². The summed E-state index contributed by atoms with van der Waals surface area (Å²) in [7, 11) is 0. The zero-order chi connectivity index (χ0) is 14.9. The molecule has 0 radical (unpaired) electrons. The number of benzene rings is 1. The second-order valence-corrected chi connectivity index (χ2v) is 6.57. The van der Waals surface area contributed by atoms with Crippen LogP contribution in [0.4, 0.5) is 0 Å². The van der Waals surface area contributed by atoms with Crippen LogP contribution in [0.25, 0.3) is 0 Å². The van der Waals surface area contributed by atoms with Gasteiger partial charge in [0.15, 0.2) is 0 Å². The second-order valence-electron chi connectivity index (χ2n) is 6.57. The van der Waals surface area contributed by atoms with Crippen molar-refractivity contribution < 1.29 is 4.79 Å². The molecule has 2 rings (SSSR count). The lowest BCUT2D eigenvalue weighted by molar-refractivity contribution is -0.127. The Balaban J connectivity index is 2.00. The van der Waals surface area contributed by atoms with Gasteiger partial charge in [-0.2, -0.15) is 0 Å². The minimum Gasteiger partial charge on any atom is -0.348 e. The Morgan fingerprint density at radius 2 is 1.70 bits per heavy atom. The van der Waals surface area contributed by atoms with E-state index in [-0.39, 0.29) is 11.9 Å². The van der Waals surface area contributed by atoms with Crippen molar-refractivity contribution in [2.45, 2.75) is 58.0 Å². The molecule has 1 aromatic carbocycles. The number of carbonyl (C=O) groups excluding carboxylic acids is 1. The molecular formula is C17H26N2O. The molecule has 1 amide bonds. The first-order valence-electron chi connectivity index (χ1n) is 7.52. The Hall–Kier alpha value is -1.35. The Morgan fingerprint density at radius 1 is 1.20 bits per heavy atom. The quantitative estimate of drug-likeness (QED) is 0.866. The second kappa shape index (κ2) is 5.57. The van der Waals surface area contributed by atoms with Crippen molar-refractivity contribution in [3.63, 3.8) is 0 Å². The topological polar surface area (TPSA) is 55.1 Å². The van der Waals surface area contributed by atoms with Gasteiger partial charge < -0.3 is 11.1 Å². The Labute approximate surface area is 121 Å². The van der Waals surface area contributed by atoms with Crippen molar-refractivity contribution >= 4 is 5.91 Å². The van der Waals surface area contributed by atoms with Gasteiger partial charge >= 0.3 is 0 Å². The fourth-order valence-electron chi connectivity index (χ4n) is 2.47. The van der Waals surface area contributed by atoms with Gasteiger partial charge in [0.05, 0.1) is 11.6 Å². The van der Waals surface area contributed by atoms with Crippen LogP contribution in [0.5, 0.6) is 0 Å². The lowest BCUT2D eigenvalue weighted by atomic mass is 9.95. The summed E-state index contributed by atoms with van der Waals surface area (Å²) in [6, 6.07) is 8.43. The van der Waals surface area contributed by atoms with E-state index in [2.05, 4.69) is 43.4 Å². The van der Waals surface area contributed by atoms with Crippen LogP contribution in [0.3, 0.4) is 0 Å². The summed E-state index contributed by atoms with van der Waals surface area (Å²) < 4.78 is 0. The van der Waals surface area contributed by atoms with Crippen LogP contribution in [0.1, 0.15) is 63.6 Å². The number of carbonyl (C=O) groups is 1. The Kier molecular flexibility index (Phi) is 4.19. The van der Waals surface area contributed by atoms with Crippen molar-refractivity contribution in [1.29, 1.82) is 0 Å². The first-order valence-corrected chi connectivity index (χ1v) is 7.52. The minimum absolute atomic E-state index is 0.00895. The standard InChI is InChI=1S/C17H26N2O/c1-11(2)13-5-7-14(8-6-13)12(3)19-16(20)17(4,18)15-9-10-15/h5-8,11-12,15H,9-10,18H2,1-4H3,(H,19,20). The third-order valence-electron chi connectivity index (χ3n) is 4.37. The number of nitrogens with two attached hydrogens (primary N) is 1. The zero-order valence-corrected chi connectivity index (χ0v) is 12.9. The first kappa shape index (κ1) is 15.0. The van der Waals surface area contributed by atoms with E-state index in [0.717, 1.165) is 18.4 Å². The van der Waals surface area contributed by atoms with Crippen LogP contribution in [0, 0.1) is 5.92 Å². The lowest BCUT2D eigenvalue weighted by Gasteiger charge is -2.26. The molecule has 2 atom stereocenters. The maximum Gasteiger partial charge on any atom is 0.240 e. The summed E-state index contributed by atoms with van der Waals surface area (Å²) in [6.45, 7) is 8.20. The van der Waals surface area contributed by atoms with E-state index in [1.165, 1.54) is 5.56 Å². The Bertz CT molecular complexity index is 472. The fraction of sp³-hybridized carbons (Fsp3) is 0.588.